The lowest BCUT2D eigenvalue weighted by atomic mass is 10.1. The van der Waals surface area contributed by atoms with Gasteiger partial charge in [-0.1, -0.05) is 42.5 Å². The average molecular weight is 323 g/mol. The van der Waals surface area contributed by atoms with Gasteiger partial charge in [0.1, 0.15) is 0 Å². The molecule has 0 atom stereocenters. The fourth-order valence-corrected chi connectivity index (χ4v) is 2.01. The second kappa shape index (κ2) is 8.53. The first-order chi connectivity index (χ1) is 10.3. The zero-order valence-corrected chi connectivity index (χ0v) is 13.5. The Morgan fingerprint density at radius 3 is 2.09 bits per heavy atom. The summed E-state index contributed by atoms with van der Waals surface area (Å²) in [6, 6.07) is 19.3. The quantitative estimate of drug-likeness (QED) is 0.844. The van der Waals surface area contributed by atoms with Gasteiger partial charge in [-0.15, -0.1) is 0 Å². The molecule has 0 aliphatic rings. The normalized spacial score (nSPS) is 10.5. The van der Waals surface area contributed by atoms with Crippen molar-refractivity contribution in [2.24, 2.45) is 0 Å². The summed E-state index contributed by atoms with van der Waals surface area (Å²) in [4.78, 5) is 2.39. The Labute approximate surface area is 131 Å². The molecule has 0 fully saturated rings. The maximum atomic E-state index is 8.74. The zero-order chi connectivity index (χ0) is 16.6. The van der Waals surface area contributed by atoms with Crippen molar-refractivity contribution in [3.63, 3.8) is 0 Å². The topological polar surface area (TPSA) is 77.8 Å². The Morgan fingerprint density at radius 2 is 1.59 bits per heavy atom. The van der Waals surface area contributed by atoms with Gasteiger partial charge in [0.2, 0.25) is 0 Å². The molecule has 0 radical (unpaired) electrons. The maximum Gasteiger partial charge on any atom is 0.394 e. The molecule has 0 unspecified atom stereocenters. The first-order valence-corrected chi connectivity index (χ1v) is 8.24. The van der Waals surface area contributed by atoms with Crippen LogP contribution in [0.4, 0.5) is 5.69 Å². The number of hydrogen-bond donors (Lipinski definition) is 2. The van der Waals surface area contributed by atoms with E-state index in [2.05, 4.69) is 73.3 Å². The number of rotatable bonds is 4. The Balaban J connectivity index is 0.000000422. The Morgan fingerprint density at radius 1 is 1.00 bits per heavy atom. The largest absolute Gasteiger partial charge is 0.394 e. The van der Waals surface area contributed by atoms with Gasteiger partial charge in [-0.25, -0.2) is 0 Å². The van der Waals surface area contributed by atoms with Crippen LogP contribution < -0.4 is 4.90 Å². The molecule has 2 aromatic rings. The van der Waals surface area contributed by atoms with E-state index in [4.69, 9.17) is 17.5 Å². The number of benzene rings is 2. The van der Waals surface area contributed by atoms with Crippen LogP contribution in [0.1, 0.15) is 18.1 Å². The lowest BCUT2D eigenvalue weighted by molar-refractivity contribution is 0.381. The van der Waals surface area contributed by atoms with Gasteiger partial charge in [0, 0.05) is 18.8 Å². The third-order valence-electron chi connectivity index (χ3n) is 2.96. The molecule has 0 saturated carbocycles. The smallest absolute Gasteiger partial charge is 0.367 e. The minimum atomic E-state index is -4.67. The molecule has 2 N–H and O–H groups in total. The van der Waals surface area contributed by atoms with Crippen LogP contribution in [0.3, 0.4) is 0 Å². The summed E-state index contributed by atoms with van der Waals surface area (Å²) in [5.74, 6) is 0. The van der Waals surface area contributed by atoms with Crippen molar-refractivity contribution in [3.8, 4) is 0 Å². The van der Waals surface area contributed by atoms with Crippen molar-refractivity contribution < 1.29 is 17.5 Å². The first kappa shape index (κ1) is 18.2. The summed E-state index contributed by atoms with van der Waals surface area (Å²) >= 11 is 0. The van der Waals surface area contributed by atoms with Crippen molar-refractivity contribution in [2.75, 3.05) is 11.4 Å². The van der Waals surface area contributed by atoms with E-state index in [-0.39, 0.29) is 0 Å². The molecule has 6 heteroatoms. The molecule has 5 nitrogen and oxygen atoms in total. The Hall–Kier alpha value is -1.89. The molecule has 0 bridgehead atoms. The van der Waals surface area contributed by atoms with Gasteiger partial charge in [-0.05, 0) is 37.1 Å². The predicted molar refractivity (Wildman–Crippen MR) is 88.5 cm³/mol. The molecule has 0 heterocycles. The maximum absolute atomic E-state index is 8.74. The van der Waals surface area contributed by atoms with Gasteiger partial charge < -0.3 is 4.90 Å². The highest BCUT2D eigenvalue weighted by atomic mass is 32.3. The zero-order valence-electron chi connectivity index (χ0n) is 12.7. The van der Waals surface area contributed by atoms with Gasteiger partial charge in [0.25, 0.3) is 0 Å². The molecule has 0 aliphatic carbocycles. The van der Waals surface area contributed by atoms with E-state index in [1.54, 1.807) is 0 Å². The lowest BCUT2D eigenvalue weighted by Crippen LogP contribution is -2.21. The lowest BCUT2D eigenvalue weighted by Gasteiger charge is -2.23. The Kier molecular flexibility index (Phi) is 7.04. The van der Waals surface area contributed by atoms with Gasteiger partial charge in [0.05, 0.1) is 0 Å². The predicted octanol–water partition coefficient (Wildman–Crippen LogP) is 3.37. The molecule has 0 aliphatic heterocycles. The van der Waals surface area contributed by atoms with Crippen LogP contribution in [-0.2, 0) is 16.9 Å². The molecule has 0 amide bonds. The van der Waals surface area contributed by atoms with Gasteiger partial charge in [0.15, 0.2) is 0 Å². The molecule has 22 heavy (non-hydrogen) atoms. The summed E-state index contributed by atoms with van der Waals surface area (Å²) in [5, 5.41) is 0. The van der Waals surface area contributed by atoms with Crippen LogP contribution in [0, 0.1) is 6.92 Å². The van der Waals surface area contributed by atoms with Crippen LogP contribution >= 0.6 is 0 Å². The van der Waals surface area contributed by atoms with Crippen molar-refractivity contribution >= 4 is 16.1 Å². The highest BCUT2D eigenvalue weighted by Crippen LogP contribution is 2.18. The van der Waals surface area contributed by atoms with Crippen LogP contribution in [0.25, 0.3) is 0 Å². The SMILES string of the molecule is CCN(Cc1ccccc1)c1cccc(C)c1.O=S(=O)(O)O. The van der Waals surface area contributed by atoms with Gasteiger partial charge >= 0.3 is 10.4 Å². The van der Waals surface area contributed by atoms with Crippen molar-refractivity contribution in [2.45, 2.75) is 20.4 Å². The molecule has 0 aromatic heterocycles. The fourth-order valence-electron chi connectivity index (χ4n) is 2.01. The number of aryl methyl sites for hydroxylation is 1. The monoisotopic (exact) mass is 323 g/mol. The Bertz CT molecular complexity index is 664. The van der Waals surface area contributed by atoms with E-state index in [9.17, 15) is 0 Å². The molecule has 0 saturated heterocycles. The minimum absolute atomic E-state index is 0.973. The highest BCUT2D eigenvalue weighted by Gasteiger charge is 2.04. The summed E-state index contributed by atoms with van der Waals surface area (Å²) < 4.78 is 31.6. The van der Waals surface area contributed by atoms with E-state index in [0.717, 1.165) is 13.1 Å². The first-order valence-electron chi connectivity index (χ1n) is 6.85. The number of hydrogen-bond acceptors (Lipinski definition) is 3. The molecular weight excluding hydrogens is 302 g/mol. The molecular formula is C16H21NO4S. The van der Waals surface area contributed by atoms with E-state index in [1.807, 2.05) is 0 Å². The van der Waals surface area contributed by atoms with Crippen LogP contribution in [-0.4, -0.2) is 24.1 Å². The summed E-state index contributed by atoms with van der Waals surface area (Å²) in [6.07, 6.45) is 0. The average Bonchev–Trinajstić information content (AvgIpc) is 2.44. The third kappa shape index (κ3) is 7.78. The molecule has 2 aromatic carbocycles. The van der Waals surface area contributed by atoms with Crippen molar-refractivity contribution in [1.29, 1.82) is 0 Å². The second-order valence-electron chi connectivity index (χ2n) is 4.79. The molecule has 0 spiro atoms. The van der Waals surface area contributed by atoms with E-state index in [1.165, 1.54) is 16.8 Å². The van der Waals surface area contributed by atoms with Gasteiger partial charge in [-0.2, -0.15) is 8.42 Å². The van der Waals surface area contributed by atoms with Gasteiger partial charge in [-0.3, -0.25) is 9.11 Å². The summed E-state index contributed by atoms with van der Waals surface area (Å²) in [6.45, 7) is 6.34. The second-order valence-corrected chi connectivity index (χ2v) is 5.68. The summed E-state index contributed by atoms with van der Waals surface area (Å²) in [5.41, 5.74) is 3.97. The van der Waals surface area contributed by atoms with Crippen molar-refractivity contribution in [1.82, 2.24) is 0 Å². The van der Waals surface area contributed by atoms with Crippen LogP contribution in [0.15, 0.2) is 54.6 Å². The number of nitrogens with zero attached hydrogens (tertiary/aromatic N) is 1. The minimum Gasteiger partial charge on any atom is -0.367 e. The van der Waals surface area contributed by atoms with Crippen LogP contribution in [0.5, 0.6) is 0 Å². The van der Waals surface area contributed by atoms with E-state index < -0.39 is 10.4 Å². The number of anilines is 1. The molecule has 120 valence electrons. The van der Waals surface area contributed by atoms with E-state index >= 15 is 0 Å². The standard InChI is InChI=1S/C16H19N.H2O4S/c1-3-17(13-15-9-5-4-6-10-15)16-11-7-8-14(2)12-16;1-5(2,3)4/h4-12H,3,13H2,1-2H3;(H2,1,2,3,4). The van der Waals surface area contributed by atoms with E-state index in [0.29, 0.717) is 0 Å². The summed E-state index contributed by atoms with van der Waals surface area (Å²) in [7, 11) is -4.67. The highest BCUT2D eigenvalue weighted by molar-refractivity contribution is 7.79. The van der Waals surface area contributed by atoms with Crippen LogP contribution in [0.2, 0.25) is 0 Å². The van der Waals surface area contributed by atoms with Crippen molar-refractivity contribution in [3.05, 3.63) is 65.7 Å². The fraction of sp³-hybridized carbons (Fsp3) is 0.250. The third-order valence-corrected chi connectivity index (χ3v) is 2.96. The molecule has 2 rings (SSSR count).